The molecule has 0 aromatic heterocycles. The lowest BCUT2D eigenvalue weighted by molar-refractivity contribution is -0.104. The first-order chi connectivity index (χ1) is 6.85. The molecule has 15 heavy (non-hydrogen) atoms. The van der Waals surface area contributed by atoms with Gasteiger partial charge in [0.1, 0.15) is 0 Å². The Labute approximate surface area is 90.1 Å². The van der Waals surface area contributed by atoms with Crippen molar-refractivity contribution in [3.63, 3.8) is 0 Å². The van der Waals surface area contributed by atoms with Gasteiger partial charge in [0.05, 0.1) is 0 Å². The van der Waals surface area contributed by atoms with E-state index >= 15 is 0 Å². The molecule has 0 unspecified atom stereocenters. The van der Waals surface area contributed by atoms with E-state index in [1.165, 1.54) is 19.1 Å². The van der Waals surface area contributed by atoms with Crippen LogP contribution in [0.25, 0.3) is 0 Å². The second kappa shape index (κ2) is 6.33. The first-order valence-electron chi connectivity index (χ1n) is 4.43. The highest BCUT2D eigenvalue weighted by Crippen LogP contribution is 1.96. The van der Waals surface area contributed by atoms with Gasteiger partial charge in [0.15, 0.2) is 0 Å². The van der Waals surface area contributed by atoms with Crippen LogP contribution in [0.4, 0.5) is 0 Å². The summed E-state index contributed by atoms with van der Waals surface area (Å²) in [6.45, 7) is 4.41. The second-order valence-electron chi connectivity index (χ2n) is 2.83. The Morgan fingerprint density at radius 2 is 1.73 bits per heavy atom. The third-order valence-electron chi connectivity index (χ3n) is 1.65. The van der Waals surface area contributed by atoms with Crippen molar-refractivity contribution >= 4 is 10.3 Å². The summed E-state index contributed by atoms with van der Waals surface area (Å²) in [7, 11) is -1.30. The van der Waals surface area contributed by atoms with Crippen LogP contribution >= 0.6 is 0 Å². The molecule has 0 amide bonds. The van der Waals surface area contributed by atoms with E-state index in [2.05, 4.69) is 4.28 Å². The largest absolute Gasteiger partial charge is 0.756 e. The fraction of sp³-hybridized carbons (Fsp3) is 1.00. The summed E-state index contributed by atoms with van der Waals surface area (Å²) >= 11 is 0. The Morgan fingerprint density at radius 1 is 1.27 bits per heavy atom. The Morgan fingerprint density at radius 3 is 2.07 bits per heavy atom. The average Bonchev–Trinajstić information content (AvgIpc) is 2.16. The van der Waals surface area contributed by atoms with Gasteiger partial charge in [-0.15, -0.1) is 5.59 Å². The van der Waals surface area contributed by atoms with Gasteiger partial charge in [-0.25, -0.2) is 10.3 Å². The standard InChI is InChI=1S/C6H17N4O4S/c1-5-9(6-2)10(11)7-14-15(12,13)8(3)4/h7H,5-6H2,1-4H3/q-1. The quantitative estimate of drug-likeness (QED) is 0.589. The fourth-order valence-electron chi connectivity index (χ4n) is 0.692. The third kappa shape index (κ3) is 4.84. The van der Waals surface area contributed by atoms with E-state index in [1.54, 1.807) is 19.4 Å². The summed E-state index contributed by atoms with van der Waals surface area (Å²) in [5.74, 6) is 0. The molecule has 0 saturated heterocycles. The molecule has 1 N–H and O–H groups in total. The maximum Gasteiger partial charge on any atom is 0.355 e. The van der Waals surface area contributed by atoms with Gasteiger partial charge in [0, 0.05) is 27.2 Å². The van der Waals surface area contributed by atoms with Gasteiger partial charge < -0.3 is 5.21 Å². The minimum atomic E-state index is -3.89. The number of nitrogens with zero attached hydrogens (tertiary/aromatic N) is 3. The van der Waals surface area contributed by atoms with Crippen molar-refractivity contribution in [3.05, 3.63) is 5.21 Å². The fourth-order valence-corrected chi connectivity index (χ4v) is 0.999. The molecule has 0 aliphatic rings. The molecule has 0 fully saturated rings. The zero-order valence-corrected chi connectivity index (χ0v) is 10.1. The summed E-state index contributed by atoms with van der Waals surface area (Å²) in [5, 5.41) is 12.7. The summed E-state index contributed by atoms with van der Waals surface area (Å²) in [4.78, 5) is 0. The Bertz CT molecular complexity index is 264. The topological polar surface area (TPSA) is 88.2 Å². The van der Waals surface area contributed by atoms with Crippen molar-refractivity contribution in [1.82, 2.24) is 20.2 Å². The maximum absolute atomic E-state index is 11.2. The Balaban J connectivity index is 4.16. The average molecular weight is 241 g/mol. The lowest BCUT2D eigenvalue weighted by atomic mass is 10.6. The van der Waals surface area contributed by atoms with E-state index in [-0.39, 0.29) is 5.28 Å². The normalized spacial score (nSPS) is 13.1. The van der Waals surface area contributed by atoms with Crippen LogP contribution < -0.4 is 5.59 Å². The van der Waals surface area contributed by atoms with Crippen LogP contribution in [-0.2, 0) is 14.6 Å². The van der Waals surface area contributed by atoms with E-state index in [0.717, 1.165) is 4.31 Å². The van der Waals surface area contributed by atoms with Gasteiger partial charge in [-0.1, -0.05) is 13.8 Å². The number of rotatable bonds is 7. The zero-order valence-electron chi connectivity index (χ0n) is 9.30. The molecule has 0 aliphatic heterocycles. The van der Waals surface area contributed by atoms with E-state index in [0.29, 0.717) is 13.1 Å². The number of nitrogens with one attached hydrogen (secondary N) is 1. The number of hydrogen-bond donors (Lipinski definition) is 1. The molecule has 9 heteroatoms. The summed E-state index contributed by atoms with van der Waals surface area (Å²) < 4.78 is 27.3. The third-order valence-corrected chi connectivity index (χ3v) is 2.83. The molecule has 0 bridgehead atoms. The van der Waals surface area contributed by atoms with Crippen LogP contribution in [0.2, 0.25) is 0 Å². The molecule has 0 radical (unpaired) electrons. The second-order valence-corrected chi connectivity index (χ2v) is 4.58. The van der Waals surface area contributed by atoms with E-state index in [9.17, 15) is 13.6 Å². The minimum absolute atomic E-state index is 0.237. The van der Waals surface area contributed by atoms with Gasteiger partial charge in [-0.3, -0.25) is 0 Å². The van der Waals surface area contributed by atoms with Gasteiger partial charge in [-0.2, -0.15) is 17.0 Å². The summed E-state index contributed by atoms with van der Waals surface area (Å²) in [6.07, 6.45) is 0. The number of hydrazine groups is 2. The molecule has 8 nitrogen and oxygen atoms in total. The molecule has 0 aliphatic carbocycles. The predicted octanol–water partition coefficient (Wildman–Crippen LogP) is -0.714. The lowest BCUT2D eigenvalue weighted by Gasteiger charge is -2.37. The zero-order chi connectivity index (χ0) is 12.1. The van der Waals surface area contributed by atoms with Crippen molar-refractivity contribution in [1.29, 1.82) is 0 Å². The molecule has 0 rings (SSSR count). The van der Waals surface area contributed by atoms with Crippen molar-refractivity contribution in [2.75, 3.05) is 27.2 Å². The van der Waals surface area contributed by atoms with Crippen LogP contribution in [0.3, 0.4) is 0 Å². The molecule has 0 aromatic rings. The minimum Gasteiger partial charge on any atom is -0.756 e. The van der Waals surface area contributed by atoms with Crippen LogP contribution in [0.15, 0.2) is 0 Å². The van der Waals surface area contributed by atoms with E-state index in [4.69, 9.17) is 0 Å². The highest BCUT2D eigenvalue weighted by molar-refractivity contribution is 7.84. The Hall–Kier alpha value is -0.290. The SMILES string of the molecule is CCN(CC)N([O-])NOS(=O)(=O)N(C)C. The highest BCUT2D eigenvalue weighted by atomic mass is 32.2. The molecule has 92 valence electrons. The maximum atomic E-state index is 11.2. The van der Waals surface area contributed by atoms with Crippen molar-refractivity contribution < 1.29 is 12.7 Å². The molecule has 0 aromatic carbocycles. The van der Waals surface area contributed by atoms with Crippen LogP contribution in [0, 0.1) is 5.21 Å². The smallest absolute Gasteiger partial charge is 0.355 e. The van der Waals surface area contributed by atoms with Crippen molar-refractivity contribution in [2.24, 2.45) is 0 Å². The van der Waals surface area contributed by atoms with Crippen molar-refractivity contribution in [3.8, 4) is 0 Å². The van der Waals surface area contributed by atoms with E-state index < -0.39 is 10.3 Å². The van der Waals surface area contributed by atoms with Crippen molar-refractivity contribution in [2.45, 2.75) is 13.8 Å². The Kier molecular flexibility index (Phi) is 6.20. The number of hydrogen-bond acceptors (Lipinski definition) is 7. The van der Waals surface area contributed by atoms with Gasteiger partial charge in [-0.05, 0) is 0 Å². The molecule has 0 spiro atoms. The summed E-state index contributed by atoms with van der Waals surface area (Å²) in [5.41, 5.74) is 1.78. The molecule has 0 atom stereocenters. The van der Waals surface area contributed by atoms with Gasteiger partial charge in [0.25, 0.3) is 0 Å². The van der Waals surface area contributed by atoms with Crippen LogP contribution in [-0.4, -0.2) is 50.2 Å². The highest BCUT2D eigenvalue weighted by Gasteiger charge is 2.15. The monoisotopic (exact) mass is 241 g/mol. The first kappa shape index (κ1) is 14.7. The predicted molar refractivity (Wildman–Crippen MR) is 55.0 cm³/mol. The molecule has 0 heterocycles. The van der Waals surface area contributed by atoms with Gasteiger partial charge >= 0.3 is 10.3 Å². The lowest BCUT2D eigenvalue weighted by Crippen LogP contribution is -2.48. The van der Waals surface area contributed by atoms with Crippen LogP contribution in [0.1, 0.15) is 13.8 Å². The van der Waals surface area contributed by atoms with E-state index in [1.807, 2.05) is 0 Å². The molecule has 0 saturated carbocycles. The molecular weight excluding hydrogens is 224 g/mol. The van der Waals surface area contributed by atoms with Crippen LogP contribution in [0.5, 0.6) is 0 Å². The van der Waals surface area contributed by atoms with Gasteiger partial charge in [0.2, 0.25) is 0 Å². The molecular formula is C6H17N4O4S-. The summed E-state index contributed by atoms with van der Waals surface area (Å²) in [6, 6.07) is 0. The first-order valence-corrected chi connectivity index (χ1v) is 5.80.